The van der Waals surface area contributed by atoms with Gasteiger partial charge in [0.05, 0.1) is 11.2 Å². The van der Waals surface area contributed by atoms with Crippen LogP contribution < -0.4 is 0 Å². The van der Waals surface area contributed by atoms with Crippen LogP contribution in [0.25, 0.3) is 0 Å². The van der Waals surface area contributed by atoms with Gasteiger partial charge in [0.1, 0.15) is 0 Å². The molecule has 0 atom stereocenters. The molecule has 12 heavy (non-hydrogen) atoms. The van der Waals surface area contributed by atoms with Gasteiger partial charge >= 0.3 is 0 Å². The maximum Gasteiger partial charge on any atom is 0.0623 e. The summed E-state index contributed by atoms with van der Waals surface area (Å²) >= 11 is 0. The van der Waals surface area contributed by atoms with Crippen molar-refractivity contribution in [3.8, 4) is 0 Å². The first-order valence-electron chi connectivity index (χ1n) is 4.43. The van der Waals surface area contributed by atoms with Gasteiger partial charge in [-0.25, -0.2) is 0 Å². The Kier molecular flexibility index (Phi) is 4.21. The van der Waals surface area contributed by atoms with Crippen molar-refractivity contribution in [1.82, 2.24) is 0 Å². The van der Waals surface area contributed by atoms with Gasteiger partial charge in [-0.1, -0.05) is 0 Å². The minimum atomic E-state index is -0.0319. The largest absolute Gasteiger partial charge is 0.379 e. The van der Waals surface area contributed by atoms with Crippen molar-refractivity contribution in [2.24, 2.45) is 0 Å². The molecule has 0 N–H and O–H groups in total. The van der Waals surface area contributed by atoms with E-state index in [4.69, 9.17) is 9.47 Å². The quantitative estimate of drug-likeness (QED) is 0.638. The van der Waals surface area contributed by atoms with Gasteiger partial charge in [0.2, 0.25) is 0 Å². The molecule has 0 saturated heterocycles. The molecule has 0 heterocycles. The highest BCUT2D eigenvalue weighted by Crippen LogP contribution is 2.23. The third-order valence-electron chi connectivity index (χ3n) is 2.43. The molecule has 0 rings (SSSR count). The molecule has 2 heteroatoms. The fourth-order valence-corrected chi connectivity index (χ4v) is 0.806. The second kappa shape index (κ2) is 4.24. The first-order chi connectivity index (χ1) is 5.33. The first-order valence-corrected chi connectivity index (χ1v) is 4.43. The van der Waals surface area contributed by atoms with E-state index in [0.29, 0.717) is 0 Å². The van der Waals surface area contributed by atoms with Gasteiger partial charge in [0.15, 0.2) is 0 Å². The van der Waals surface area contributed by atoms with Crippen molar-refractivity contribution in [3.05, 3.63) is 0 Å². The summed E-state index contributed by atoms with van der Waals surface area (Å²) in [6, 6.07) is 0. The van der Waals surface area contributed by atoms with Gasteiger partial charge in [-0.05, 0) is 40.5 Å². The summed E-state index contributed by atoms with van der Waals surface area (Å²) < 4.78 is 10.6. The summed E-state index contributed by atoms with van der Waals surface area (Å²) in [6.07, 6.45) is 2.04. The van der Waals surface area contributed by atoms with E-state index in [1.807, 2.05) is 0 Å². The normalized spacial score (nSPS) is 13.5. The maximum atomic E-state index is 5.32. The molecule has 0 aromatic heterocycles. The fourth-order valence-electron chi connectivity index (χ4n) is 0.806. The third kappa shape index (κ3) is 4.73. The number of methoxy groups -OCH3 is 2. The monoisotopic (exact) mass is 174 g/mol. The number of ether oxygens (including phenoxy) is 2. The Balaban J connectivity index is 3.82. The van der Waals surface area contributed by atoms with Crippen molar-refractivity contribution in [1.29, 1.82) is 0 Å². The lowest BCUT2D eigenvalue weighted by molar-refractivity contribution is -0.0302. The standard InChI is InChI=1S/C10H22O2/c1-9(2,11-5)7-8-10(3,4)12-6/h7-8H2,1-6H3. The van der Waals surface area contributed by atoms with Crippen LogP contribution in [0, 0.1) is 0 Å². The Hall–Kier alpha value is -0.0800. The van der Waals surface area contributed by atoms with Crippen molar-refractivity contribution in [2.45, 2.75) is 51.7 Å². The van der Waals surface area contributed by atoms with E-state index in [-0.39, 0.29) is 11.2 Å². The average Bonchev–Trinajstić information content (AvgIpc) is 2.02. The molecule has 0 bridgehead atoms. The maximum absolute atomic E-state index is 5.32. The van der Waals surface area contributed by atoms with Gasteiger partial charge in [-0.3, -0.25) is 0 Å². The van der Waals surface area contributed by atoms with Crippen molar-refractivity contribution in [3.63, 3.8) is 0 Å². The Morgan fingerprint density at radius 2 is 1.00 bits per heavy atom. The van der Waals surface area contributed by atoms with E-state index < -0.39 is 0 Å². The molecule has 74 valence electrons. The summed E-state index contributed by atoms with van der Waals surface area (Å²) in [4.78, 5) is 0. The average molecular weight is 174 g/mol. The molecule has 0 aliphatic carbocycles. The smallest absolute Gasteiger partial charge is 0.0623 e. The minimum Gasteiger partial charge on any atom is -0.379 e. The highest BCUT2D eigenvalue weighted by molar-refractivity contribution is 4.75. The molecule has 0 unspecified atom stereocenters. The zero-order chi connectivity index (χ0) is 9.83. The molecule has 0 spiro atoms. The number of rotatable bonds is 5. The number of hydrogen-bond donors (Lipinski definition) is 0. The van der Waals surface area contributed by atoms with Crippen molar-refractivity contribution in [2.75, 3.05) is 14.2 Å². The van der Waals surface area contributed by atoms with Crippen LogP contribution in [0.1, 0.15) is 40.5 Å². The molecule has 0 aromatic carbocycles. The molecule has 0 aromatic rings. The Morgan fingerprint density at radius 3 is 1.17 bits per heavy atom. The summed E-state index contributed by atoms with van der Waals surface area (Å²) in [5, 5.41) is 0. The summed E-state index contributed by atoms with van der Waals surface area (Å²) in [6.45, 7) is 8.38. The molecule has 2 nitrogen and oxygen atoms in total. The topological polar surface area (TPSA) is 18.5 Å². The minimum absolute atomic E-state index is 0.0319. The zero-order valence-corrected chi connectivity index (χ0v) is 9.23. The second-order valence-corrected chi connectivity index (χ2v) is 4.43. The lowest BCUT2D eigenvalue weighted by atomic mass is 9.94. The molecule has 0 fully saturated rings. The van der Waals surface area contributed by atoms with Crippen molar-refractivity contribution >= 4 is 0 Å². The predicted molar refractivity (Wildman–Crippen MR) is 51.4 cm³/mol. The zero-order valence-electron chi connectivity index (χ0n) is 9.23. The van der Waals surface area contributed by atoms with Crippen LogP contribution in [0.3, 0.4) is 0 Å². The lowest BCUT2D eigenvalue weighted by Crippen LogP contribution is -2.29. The van der Waals surface area contributed by atoms with Gasteiger partial charge in [-0.15, -0.1) is 0 Å². The Bertz CT molecular complexity index is 112. The van der Waals surface area contributed by atoms with Crippen LogP contribution in [-0.2, 0) is 9.47 Å². The molecular weight excluding hydrogens is 152 g/mol. The van der Waals surface area contributed by atoms with E-state index in [1.54, 1.807) is 14.2 Å². The predicted octanol–water partition coefficient (Wildman–Crippen LogP) is 2.62. The van der Waals surface area contributed by atoms with Crippen LogP contribution in [0.15, 0.2) is 0 Å². The van der Waals surface area contributed by atoms with Gasteiger partial charge in [0, 0.05) is 14.2 Å². The summed E-state index contributed by atoms with van der Waals surface area (Å²) in [5.74, 6) is 0. The fraction of sp³-hybridized carbons (Fsp3) is 1.00. The van der Waals surface area contributed by atoms with Crippen LogP contribution >= 0.6 is 0 Å². The Labute approximate surface area is 76.3 Å². The van der Waals surface area contributed by atoms with E-state index in [1.165, 1.54) is 0 Å². The Morgan fingerprint density at radius 1 is 0.750 bits per heavy atom. The summed E-state index contributed by atoms with van der Waals surface area (Å²) in [5.41, 5.74) is -0.0639. The van der Waals surface area contributed by atoms with Gasteiger partial charge in [-0.2, -0.15) is 0 Å². The van der Waals surface area contributed by atoms with E-state index in [2.05, 4.69) is 27.7 Å². The third-order valence-corrected chi connectivity index (χ3v) is 2.43. The highest BCUT2D eigenvalue weighted by Gasteiger charge is 2.23. The lowest BCUT2D eigenvalue weighted by Gasteiger charge is -2.29. The van der Waals surface area contributed by atoms with Crippen LogP contribution in [0.5, 0.6) is 0 Å². The molecule has 0 aliphatic rings. The molecule has 0 aliphatic heterocycles. The van der Waals surface area contributed by atoms with Crippen LogP contribution in [-0.4, -0.2) is 25.4 Å². The van der Waals surface area contributed by atoms with Crippen LogP contribution in [0.2, 0.25) is 0 Å². The summed E-state index contributed by atoms with van der Waals surface area (Å²) in [7, 11) is 3.50. The van der Waals surface area contributed by atoms with Gasteiger partial charge in [0.25, 0.3) is 0 Å². The van der Waals surface area contributed by atoms with E-state index in [9.17, 15) is 0 Å². The van der Waals surface area contributed by atoms with Crippen LogP contribution in [0.4, 0.5) is 0 Å². The molecule has 0 saturated carbocycles. The molecule has 0 amide bonds. The van der Waals surface area contributed by atoms with E-state index in [0.717, 1.165) is 12.8 Å². The highest BCUT2D eigenvalue weighted by atomic mass is 16.5. The van der Waals surface area contributed by atoms with Crippen molar-refractivity contribution < 1.29 is 9.47 Å². The van der Waals surface area contributed by atoms with E-state index >= 15 is 0 Å². The second-order valence-electron chi connectivity index (χ2n) is 4.43. The number of hydrogen-bond acceptors (Lipinski definition) is 2. The molecular formula is C10H22O2. The first kappa shape index (κ1) is 11.9. The SMILES string of the molecule is COC(C)(C)CCC(C)(C)OC. The molecule has 0 radical (unpaired) electrons. The van der Waals surface area contributed by atoms with Gasteiger partial charge < -0.3 is 9.47 Å².